The van der Waals surface area contributed by atoms with Gasteiger partial charge >= 0.3 is 5.97 Å². The summed E-state index contributed by atoms with van der Waals surface area (Å²) in [6.07, 6.45) is 3.05. The highest BCUT2D eigenvalue weighted by molar-refractivity contribution is 6.15. The van der Waals surface area contributed by atoms with Gasteiger partial charge in [-0.25, -0.2) is 4.79 Å². The lowest BCUT2D eigenvalue weighted by molar-refractivity contribution is -0.137. The second kappa shape index (κ2) is 9.53. The summed E-state index contributed by atoms with van der Waals surface area (Å²) in [5, 5.41) is 11.8. The van der Waals surface area contributed by atoms with Crippen LogP contribution in [0.3, 0.4) is 0 Å². The number of ether oxygens (including phenoxy) is 2. The molecule has 2 aromatic heterocycles. The van der Waals surface area contributed by atoms with E-state index in [1.807, 2.05) is 61.5 Å². The predicted molar refractivity (Wildman–Crippen MR) is 114 cm³/mol. The van der Waals surface area contributed by atoms with Crippen LogP contribution in [0.15, 0.2) is 77.4 Å². The lowest BCUT2D eigenvalue weighted by atomic mass is 10.2. The number of tetrazole rings is 1. The second-order valence-corrected chi connectivity index (χ2v) is 6.58. The third-order valence-electron chi connectivity index (χ3n) is 4.43. The molecule has 0 fully saturated rings. The maximum atomic E-state index is 12.9. The minimum Gasteiger partial charge on any atom is -0.490 e. The van der Waals surface area contributed by atoms with Gasteiger partial charge in [-0.2, -0.15) is 4.68 Å². The molecule has 2 heterocycles. The first-order valence-corrected chi connectivity index (χ1v) is 9.67. The van der Waals surface area contributed by atoms with Crippen LogP contribution >= 0.6 is 0 Å². The number of carbonyl (C=O) groups excluding carboxylic acids is 1. The number of carbonyl (C=O) groups is 1. The van der Waals surface area contributed by atoms with E-state index in [4.69, 9.17) is 13.9 Å². The van der Waals surface area contributed by atoms with Crippen molar-refractivity contribution in [2.24, 2.45) is 0 Å². The molecule has 0 bridgehead atoms. The first-order chi connectivity index (χ1) is 15.2. The quantitative estimate of drug-likeness (QED) is 0.245. The molecule has 0 N–H and O–H groups in total. The summed E-state index contributed by atoms with van der Waals surface area (Å²) in [6.45, 7) is 2.23. The number of hydrogen-bond acceptors (Lipinski definition) is 7. The van der Waals surface area contributed by atoms with E-state index in [-0.39, 0.29) is 18.9 Å². The van der Waals surface area contributed by atoms with Crippen LogP contribution in [-0.4, -0.2) is 39.4 Å². The maximum absolute atomic E-state index is 12.9. The molecular weight excluding hydrogens is 396 g/mol. The fourth-order valence-corrected chi connectivity index (χ4v) is 2.91. The molecule has 0 unspecified atom stereocenters. The summed E-state index contributed by atoms with van der Waals surface area (Å²) in [7, 11) is 0. The van der Waals surface area contributed by atoms with E-state index in [1.54, 1.807) is 12.1 Å². The zero-order chi connectivity index (χ0) is 21.5. The molecule has 31 heavy (non-hydrogen) atoms. The first-order valence-electron chi connectivity index (χ1n) is 9.67. The number of aromatic nitrogens is 4. The summed E-state index contributed by atoms with van der Waals surface area (Å²) >= 11 is 0. The number of aryl methyl sites for hydroxylation is 1. The van der Waals surface area contributed by atoms with E-state index in [0.717, 1.165) is 16.9 Å². The fraction of sp³-hybridized carbons (Fsp3) is 0.130. The van der Waals surface area contributed by atoms with Gasteiger partial charge in [-0.3, -0.25) is 0 Å². The molecule has 0 amide bonds. The Morgan fingerprint density at radius 1 is 1.03 bits per heavy atom. The molecule has 0 radical (unpaired) electrons. The van der Waals surface area contributed by atoms with E-state index in [9.17, 15) is 4.79 Å². The topological polar surface area (TPSA) is 92.3 Å². The number of rotatable bonds is 8. The van der Waals surface area contributed by atoms with Crippen LogP contribution in [0.25, 0.3) is 23.2 Å². The monoisotopic (exact) mass is 416 g/mol. The average Bonchev–Trinajstić information content (AvgIpc) is 3.48. The molecule has 0 aliphatic heterocycles. The van der Waals surface area contributed by atoms with Gasteiger partial charge in [0.2, 0.25) is 0 Å². The zero-order valence-electron chi connectivity index (χ0n) is 16.8. The number of nitrogens with zero attached hydrogens (tertiary/aromatic N) is 4. The molecule has 156 valence electrons. The molecular formula is C23H20N4O4. The van der Waals surface area contributed by atoms with Crippen molar-refractivity contribution < 1.29 is 18.7 Å². The highest BCUT2D eigenvalue weighted by Crippen LogP contribution is 2.21. The predicted octanol–water partition coefficient (Wildman–Crippen LogP) is 3.86. The van der Waals surface area contributed by atoms with Gasteiger partial charge in [-0.05, 0) is 41.1 Å². The van der Waals surface area contributed by atoms with E-state index in [2.05, 4.69) is 15.5 Å². The Labute approximate surface area is 178 Å². The van der Waals surface area contributed by atoms with Gasteiger partial charge < -0.3 is 13.9 Å². The Hall–Kier alpha value is -4.20. The largest absolute Gasteiger partial charge is 0.490 e. The number of furan rings is 1. The third kappa shape index (κ3) is 4.87. The van der Waals surface area contributed by atoms with E-state index in [0.29, 0.717) is 11.6 Å². The SMILES string of the molecule is Cc1ccccc1OCCOC(=O)/C(=C/c1ccco1)n1nnnc1-c1ccccc1. The summed E-state index contributed by atoms with van der Waals surface area (Å²) in [4.78, 5) is 12.9. The van der Waals surface area contributed by atoms with Crippen molar-refractivity contribution in [1.29, 1.82) is 0 Å². The Bertz CT molecular complexity index is 1170. The third-order valence-corrected chi connectivity index (χ3v) is 4.43. The minimum absolute atomic E-state index is 0.0610. The molecule has 0 atom stereocenters. The molecule has 2 aromatic carbocycles. The highest BCUT2D eigenvalue weighted by atomic mass is 16.6. The second-order valence-electron chi connectivity index (χ2n) is 6.58. The average molecular weight is 416 g/mol. The summed E-state index contributed by atoms with van der Waals surface area (Å²) in [5.74, 6) is 1.02. The van der Waals surface area contributed by atoms with Crippen molar-refractivity contribution in [3.63, 3.8) is 0 Å². The minimum atomic E-state index is -0.603. The Balaban J connectivity index is 1.52. The van der Waals surface area contributed by atoms with E-state index >= 15 is 0 Å². The van der Waals surface area contributed by atoms with Crippen molar-refractivity contribution in [3.8, 4) is 17.1 Å². The molecule has 0 saturated heterocycles. The molecule has 8 heteroatoms. The molecule has 0 spiro atoms. The van der Waals surface area contributed by atoms with Crippen molar-refractivity contribution in [2.45, 2.75) is 6.92 Å². The number of para-hydroxylation sites is 1. The van der Waals surface area contributed by atoms with Crippen LogP contribution in [0.1, 0.15) is 11.3 Å². The highest BCUT2D eigenvalue weighted by Gasteiger charge is 2.21. The van der Waals surface area contributed by atoms with Crippen molar-refractivity contribution in [3.05, 3.63) is 84.3 Å². The van der Waals surface area contributed by atoms with Gasteiger partial charge in [0.1, 0.15) is 24.7 Å². The fourth-order valence-electron chi connectivity index (χ4n) is 2.91. The summed E-state index contributed by atoms with van der Waals surface area (Å²) in [5.41, 5.74) is 1.89. The zero-order valence-corrected chi connectivity index (χ0v) is 16.8. The summed E-state index contributed by atoms with van der Waals surface area (Å²) in [6, 6.07) is 20.4. The van der Waals surface area contributed by atoms with Crippen molar-refractivity contribution in [1.82, 2.24) is 20.2 Å². The molecule has 4 aromatic rings. The van der Waals surface area contributed by atoms with Crippen molar-refractivity contribution >= 4 is 17.7 Å². The van der Waals surface area contributed by atoms with Crippen LogP contribution < -0.4 is 4.74 Å². The van der Waals surface area contributed by atoms with Gasteiger partial charge in [0, 0.05) is 11.6 Å². The maximum Gasteiger partial charge on any atom is 0.357 e. The standard InChI is InChI=1S/C23H20N4O4/c1-17-8-5-6-12-21(17)30-14-15-31-23(28)20(16-19-11-7-13-29-19)27-22(24-25-26-27)18-9-3-2-4-10-18/h2-13,16H,14-15H2,1H3/b20-16-. The lowest BCUT2D eigenvalue weighted by Crippen LogP contribution is -2.18. The lowest BCUT2D eigenvalue weighted by Gasteiger charge is -2.11. The first kappa shape index (κ1) is 20.1. The van der Waals surface area contributed by atoms with E-state index < -0.39 is 5.97 Å². The number of benzene rings is 2. The van der Waals surface area contributed by atoms with E-state index in [1.165, 1.54) is 17.0 Å². The Morgan fingerprint density at radius 2 is 1.84 bits per heavy atom. The molecule has 8 nitrogen and oxygen atoms in total. The number of esters is 1. The normalized spacial score (nSPS) is 11.3. The van der Waals surface area contributed by atoms with Gasteiger partial charge in [-0.1, -0.05) is 48.5 Å². The van der Waals surface area contributed by atoms with Crippen LogP contribution in [0, 0.1) is 6.92 Å². The molecule has 0 aliphatic carbocycles. The van der Waals surface area contributed by atoms with Gasteiger partial charge in [0.25, 0.3) is 0 Å². The molecule has 0 aliphatic rings. The van der Waals surface area contributed by atoms with Crippen LogP contribution in [0.4, 0.5) is 0 Å². The Kier molecular flexibility index (Phi) is 6.18. The van der Waals surface area contributed by atoms with Crippen molar-refractivity contribution in [2.75, 3.05) is 13.2 Å². The van der Waals surface area contributed by atoms with Gasteiger partial charge in [-0.15, -0.1) is 5.10 Å². The molecule has 4 rings (SSSR count). The van der Waals surface area contributed by atoms with Gasteiger partial charge in [0.15, 0.2) is 11.5 Å². The molecule has 0 saturated carbocycles. The van der Waals surface area contributed by atoms with Crippen LogP contribution in [0.2, 0.25) is 0 Å². The van der Waals surface area contributed by atoms with Crippen LogP contribution in [0.5, 0.6) is 5.75 Å². The Morgan fingerprint density at radius 3 is 2.61 bits per heavy atom. The van der Waals surface area contributed by atoms with Crippen LogP contribution in [-0.2, 0) is 9.53 Å². The smallest absolute Gasteiger partial charge is 0.357 e. The number of hydrogen-bond donors (Lipinski definition) is 0. The summed E-state index contributed by atoms with van der Waals surface area (Å²) < 4.78 is 17.8. The van der Waals surface area contributed by atoms with Gasteiger partial charge in [0.05, 0.1) is 6.26 Å².